The molecule has 0 aliphatic heterocycles. The third-order valence-corrected chi connectivity index (χ3v) is 4.80. The molecule has 0 spiro atoms. The standard InChI is InChI=1S/C12H16OSe/c1-10(2)9-11(3)14(13)12-7-5-4-6-8-12/h4-10H,1-3H3/b11-9+. The van der Waals surface area contributed by atoms with Crippen molar-refractivity contribution in [2.24, 2.45) is 5.92 Å². The van der Waals surface area contributed by atoms with Crippen LogP contribution in [0.4, 0.5) is 0 Å². The number of benzene rings is 1. The van der Waals surface area contributed by atoms with E-state index < -0.39 is 13.8 Å². The number of hydrogen-bond donors (Lipinski definition) is 0. The molecule has 76 valence electrons. The Kier molecular flexibility index (Phi) is 4.24. The average Bonchev–Trinajstić information content (AvgIpc) is 2.17. The topological polar surface area (TPSA) is 17.1 Å². The van der Waals surface area contributed by atoms with Gasteiger partial charge in [0.15, 0.2) is 0 Å². The molecule has 1 rings (SSSR count). The van der Waals surface area contributed by atoms with Crippen LogP contribution in [0.2, 0.25) is 0 Å². The molecule has 0 fully saturated rings. The maximum atomic E-state index is 12.0. The molecule has 0 aromatic heterocycles. The van der Waals surface area contributed by atoms with E-state index in [0.717, 1.165) is 8.93 Å². The van der Waals surface area contributed by atoms with E-state index in [0.29, 0.717) is 5.92 Å². The second-order valence-corrected chi connectivity index (χ2v) is 7.07. The first-order valence-electron chi connectivity index (χ1n) is 4.76. The SMILES string of the molecule is C/C(=C\C(C)C)[Se](=O)c1ccccc1. The first kappa shape index (κ1) is 11.4. The zero-order chi connectivity index (χ0) is 10.6. The van der Waals surface area contributed by atoms with Gasteiger partial charge in [0.1, 0.15) is 0 Å². The Morgan fingerprint density at radius 1 is 1.29 bits per heavy atom. The van der Waals surface area contributed by atoms with Crippen LogP contribution in [0.15, 0.2) is 40.9 Å². The van der Waals surface area contributed by atoms with E-state index in [1.165, 1.54) is 0 Å². The maximum absolute atomic E-state index is 12.0. The van der Waals surface area contributed by atoms with Gasteiger partial charge < -0.3 is 0 Å². The summed E-state index contributed by atoms with van der Waals surface area (Å²) in [6.07, 6.45) is 2.09. The van der Waals surface area contributed by atoms with Gasteiger partial charge in [-0.3, -0.25) is 0 Å². The van der Waals surface area contributed by atoms with Gasteiger partial charge in [-0.15, -0.1) is 0 Å². The third-order valence-electron chi connectivity index (χ3n) is 1.82. The molecule has 1 aromatic rings. The Labute approximate surface area is 89.9 Å². The molecule has 2 heteroatoms. The van der Waals surface area contributed by atoms with Crippen molar-refractivity contribution in [3.63, 3.8) is 0 Å². The van der Waals surface area contributed by atoms with Gasteiger partial charge in [0.05, 0.1) is 0 Å². The molecule has 14 heavy (non-hydrogen) atoms. The van der Waals surface area contributed by atoms with E-state index in [1.807, 2.05) is 37.3 Å². The normalized spacial score (nSPS) is 14.4. The van der Waals surface area contributed by atoms with Crippen LogP contribution in [0.3, 0.4) is 0 Å². The Morgan fingerprint density at radius 2 is 1.86 bits per heavy atom. The first-order valence-corrected chi connectivity index (χ1v) is 7.17. The van der Waals surface area contributed by atoms with Gasteiger partial charge in [0.2, 0.25) is 0 Å². The number of rotatable bonds is 3. The Bertz CT molecular complexity index is 339. The minimum atomic E-state index is -1.96. The molecule has 0 amide bonds. The summed E-state index contributed by atoms with van der Waals surface area (Å²) in [7, 11) is 0. The molecule has 0 radical (unpaired) electrons. The van der Waals surface area contributed by atoms with Gasteiger partial charge in [-0.1, -0.05) is 0 Å². The Hall–Kier alpha value is -0.721. The van der Waals surface area contributed by atoms with Crippen molar-refractivity contribution in [3.8, 4) is 0 Å². The van der Waals surface area contributed by atoms with E-state index in [1.54, 1.807) is 0 Å². The van der Waals surface area contributed by atoms with Crippen LogP contribution in [0.25, 0.3) is 0 Å². The summed E-state index contributed by atoms with van der Waals surface area (Å²) in [5.74, 6) is 0.471. The van der Waals surface area contributed by atoms with Crippen LogP contribution in [0.5, 0.6) is 0 Å². The summed E-state index contributed by atoms with van der Waals surface area (Å²) in [4.78, 5) is 0. The Balaban J connectivity index is 2.87. The fourth-order valence-electron chi connectivity index (χ4n) is 1.26. The predicted octanol–water partition coefficient (Wildman–Crippen LogP) is 2.46. The van der Waals surface area contributed by atoms with Crippen molar-refractivity contribution in [3.05, 3.63) is 40.9 Å². The van der Waals surface area contributed by atoms with Crippen molar-refractivity contribution in [1.29, 1.82) is 0 Å². The number of hydrogen-bond acceptors (Lipinski definition) is 1. The fraction of sp³-hybridized carbons (Fsp3) is 0.333. The van der Waals surface area contributed by atoms with Gasteiger partial charge in [0.25, 0.3) is 0 Å². The molecule has 1 atom stereocenters. The van der Waals surface area contributed by atoms with E-state index >= 15 is 0 Å². The van der Waals surface area contributed by atoms with Gasteiger partial charge in [0, 0.05) is 0 Å². The van der Waals surface area contributed by atoms with Crippen molar-refractivity contribution < 1.29 is 3.83 Å². The van der Waals surface area contributed by atoms with Crippen LogP contribution in [-0.4, -0.2) is 13.8 Å². The van der Waals surface area contributed by atoms with Crippen LogP contribution in [0.1, 0.15) is 20.8 Å². The van der Waals surface area contributed by atoms with Gasteiger partial charge in [-0.2, -0.15) is 0 Å². The third kappa shape index (κ3) is 3.21. The Morgan fingerprint density at radius 3 is 2.36 bits per heavy atom. The van der Waals surface area contributed by atoms with Crippen molar-refractivity contribution >= 4 is 18.3 Å². The molecule has 0 aliphatic rings. The molecule has 0 N–H and O–H groups in total. The molecule has 1 unspecified atom stereocenters. The molecular weight excluding hydrogens is 239 g/mol. The zero-order valence-electron chi connectivity index (χ0n) is 8.86. The van der Waals surface area contributed by atoms with Crippen LogP contribution >= 0.6 is 0 Å². The van der Waals surface area contributed by atoms with Crippen molar-refractivity contribution in [1.82, 2.24) is 0 Å². The molecule has 1 aromatic carbocycles. The molecule has 0 aliphatic carbocycles. The van der Waals surface area contributed by atoms with E-state index in [-0.39, 0.29) is 0 Å². The monoisotopic (exact) mass is 256 g/mol. The van der Waals surface area contributed by atoms with Gasteiger partial charge in [-0.25, -0.2) is 0 Å². The summed E-state index contributed by atoms with van der Waals surface area (Å²) in [6, 6.07) is 9.70. The van der Waals surface area contributed by atoms with Gasteiger partial charge in [-0.05, 0) is 0 Å². The predicted molar refractivity (Wildman–Crippen MR) is 61.1 cm³/mol. The molecule has 1 nitrogen and oxygen atoms in total. The molecule has 0 saturated carbocycles. The van der Waals surface area contributed by atoms with Crippen molar-refractivity contribution in [2.45, 2.75) is 20.8 Å². The summed E-state index contributed by atoms with van der Waals surface area (Å²) in [6.45, 7) is 6.17. The molecule has 0 saturated heterocycles. The van der Waals surface area contributed by atoms with Crippen LogP contribution in [-0.2, 0) is 3.83 Å². The minimum absolute atomic E-state index is 0.471. The van der Waals surface area contributed by atoms with E-state index in [9.17, 15) is 3.83 Å². The van der Waals surface area contributed by atoms with E-state index in [4.69, 9.17) is 0 Å². The number of allylic oxidation sites excluding steroid dienone is 2. The fourth-order valence-corrected chi connectivity index (χ4v) is 3.72. The molecule has 0 bridgehead atoms. The van der Waals surface area contributed by atoms with E-state index in [2.05, 4.69) is 19.9 Å². The summed E-state index contributed by atoms with van der Waals surface area (Å²) in [5, 5.41) is 0. The summed E-state index contributed by atoms with van der Waals surface area (Å²) >= 11 is -1.96. The second kappa shape index (κ2) is 5.23. The summed E-state index contributed by atoms with van der Waals surface area (Å²) in [5.41, 5.74) is 0. The average molecular weight is 255 g/mol. The molecular formula is C12H16OSe. The van der Waals surface area contributed by atoms with Crippen LogP contribution < -0.4 is 4.46 Å². The van der Waals surface area contributed by atoms with Gasteiger partial charge >= 0.3 is 89.7 Å². The second-order valence-electron chi connectivity index (χ2n) is 3.60. The zero-order valence-corrected chi connectivity index (χ0v) is 10.6. The summed E-state index contributed by atoms with van der Waals surface area (Å²) < 4.78 is 14.0. The quantitative estimate of drug-likeness (QED) is 0.758. The van der Waals surface area contributed by atoms with Crippen molar-refractivity contribution in [2.75, 3.05) is 0 Å². The molecule has 0 heterocycles. The van der Waals surface area contributed by atoms with Crippen LogP contribution in [0, 0.1) is 5.92 Å². The first-order chi connectivity index (χ1) is 6.61.